The van der Waals surface area contributed by atoms with Gasteiger partial charge in [-0.15, -0.1) is 0 Å². The molecule has 3 atom stereocenters. The molecule has 134 valence electrons. The Morgan fingerprint density at radius 1 is 1.30 bits per heavy atom. The first-order chi connectivity index (χ1) is 10.6. The zero-order valence-corrected chi connectivity index (χ0v) is 13.2. The molecule has 23 heavy (non-hydrogen) atoms. The molecule has 0 aliphatic carbocycles. The van der Waals surface area contributed by atoms with E-state index < -0.39 is 30.0 Å². The van der Waals surface area contributed by atoms with Gasteiger partial charge in [-0.05, 0) is 5.92 Å². The van der Waals surface area contributed by atoms with Gasteiger partial charge >= 0.3 is 17.9 Å². The van der Waals surface area contributed by atoms with E-state index in [-0.39, 0.29) is 18.2 Å². The molecule has 0 aromatic heterocycles. The van der Waals surface area contributed by atoms with Crippen molar-refractivity contribution in [2.45, 2.75) is 38.8 Å². The van der Waals surface area contributed by atoms with Gasteiger partial charge in [0.25, 0.3) is 0 Å². The van der Waals surface area contributed by atoms with Crippen molar-refractivity contribution in [2.24, 2.45) is 17.4 Å². The smallest absolute Gasteiger partial charge is 0.328 e. The van der Waals surface area contributed by atoms with Gasteiger partial charge in [0.2, 0.25) is 0 Å². The van der Waals surface area contributed by atoms with Crippen LogP contribution >= 0.6 is 0 Å². The second-order valence-corrected chi connectivity index (χ2v) is 4.79. The fraction of sp³-hybridized carbons (Fsp3) is 0.692. The molecule has 10 nitrogen and oxygen atoms in total. The Labute approximate surface area is 133 Å². The summed E-state index contributed by atoms with van der Waals surface area (Å²) < 4.78 is 0. The van der Waals surface area contributed by atoms with E-state index in [0.29, 0.717) is 13.0 Å². The van der Waals surface area contributed by atoms with Crippen molar-refractivity contribution in [2.75, 3.05) is 13.1 Å². The van der Waals surface area contributed by atoms with E-state index in [1.165, 1.54) is 0 Å². The number of carbonyl (C=O) groups excluding carboxylic acids is 1. The standard InChI is InChI=1S/C6H13NO2.C5H7NO3.C2H5NO2/c1-3-4(2)5(7)6(8)9;7-3-1-2-6-4(3)5(8)9;3-1-2(4)5/h4-5H,3,7H2,1-2H3,(H,8,9);4,6H,1-2H2,(H,8,9);1,3H2,(H,4,5)/t;4-;/m.0./s1. The minimum Gasteiger partial charge on any atom is -0.480 e. The maximum atomic E-state index is 10.6. The van der Waals surface area contributed by atoms with Gasteiger partial charge in [0.05, 0.1) is 6.54 Å². The second kappa shape index (κ2) is 12.5. The van der Waals surface area contributed by atoms with E-state index in [4.69, 9.17) is 21.1 Å². The van der Waals surface area contributed by atoms with Crippen LogP contribution in [0, 0.1) is 5.92 Å². The van der Waals surface area contributed by atoms with Gasteiger partial charge in [0.15, 0.2) is 11.8 Å². The third-order valence-electron chi connectivity index (χ3n) is 3.01. The third kappa shape index (κ3) is 11.2. The van der Waals surface area contributed by atoms with Crippen LogP contribution in [0.25, 0.3) is 0 Å². The Kier molecular flexibility index (Phi) is 12.6. The minimum absolute atomic E-state index is 0.0718. The second-order valence-electron chi connectivity index (χ2n) is 4.79. The van der Waals surface area contributed by atoms with Crippen LogP contribution in [0.4, 0.5) is 0 Å². The molecular weight excluding hydrogens is 310 g/mol. The average Bonchev–Trinajstić information content (AvgIpc) is 2.93. The molecule has 1 aliphatic rings. The Bertz CT molecular complexity index is 414. The lowest BCUT2D eigenvalue weighted by atomic mass is 10.0. The highest BCUT2D eigenvalue weighted by molar-refractivity contribution is 6.03. The highest BCUT2D eigenvalue weighted by atomic mass is 16.4. The highest BCUT2D eigenvalue weighted by Gasteiger charge is 2.29. The number of hydrogen-bond donors (Lipinski definition) is 6. The summed E-state index contributed by atoms with van der Waals surface area (Å²) in [5.41, 5.74) is 9.84. The Balaban J connectivity index is 0. The largest absolute Gasteiger partial charge is 0.480 e. The first-order valence-electron chi connectivity index (χ1n) is 6.97. The van der Waals surface area contributed by atoms with Crippen LogP contribution in [0.1, 0.15) is 26.7 Å². The molecule has 0 radical (unpaired) electrons. The topological polar surface area (TPSA) is 193 Å². The predicted octanol–water partition coefficient (Wildman–Crippen LogP) is -1.52. The molecule has 2 unspecified atom stereocenters. The van der Waals surface area contributed by atoms with Gasteiger partial charge < -0.3 is 26.8 Å². The molecule has 0 amide bonds. The fourth-order valence-electron chi connectivity index (χ4n) is 1.32. The highest BCUT2D eigenvalue weighted by Crippen LogP contribution is 2.04. The first kappa shape index (κ1) is 23.2. The van der Waals surface area contributed by atoms with Crippen LogP contribution in [0.2, 0.25) is 0 Å². The van der Waals surface area contributed by atoms with Gasteiger partial charge in [-0.1, -0.05) is 20.3 Å². The van der Waals surface area contributed by atoms with Gasteiger partial charge in [-0.3, -0.25) is 24.5 Å². The van der Waals surface area contributed by atoms with Crippen molar-refractivity contribution in [3.05, 3.63) is 0 Å². The summed E-state index contributed by atoms with van der Waals surface area (Å²) in [6, 6.07) is -1.64. The van der Waals surface area contributed by atoms with E-state index in [1.807, 2.05) is 13.8 Å². The molecule has 0 saturated carbocycles. The molecular formula is C13H25N3O7. The molecule has 0 aromatic carbocycles. The quantitative estimate of drug-likeness (QED) is 0.321. The Morgan fingerprint density at radius 2 is 1.78 bits per heavy atom. The van der Waals surface area contributed by atoms with Crippen LogP contribution in [-0.2, 0) is 19.2 Å². The normalized spacial score (nSPS) is 18.6. The Hall–Kier alpha value is -2.04. The fourth-order valence-corrected chi connectivity index (χ4v) is 1.32. The lowest BCUT2D eigenvalue weighted by molar-refractivity contribution is -0.142. The van der Waals surface area contributed by atoms with Crippen molar-refractivity contribution in [3.63, 3.8) is 0 Å². The number of hydrogen-bond acceptors (Lipinski definition) is 7. The molecule has 1 heterocycles. The molecule has 8 N–H and O–H groups in total. The summed E-state index contributed by atoms with van der Waals surface area (Å²) in [4.78, 5) is 40.1. The summed E-state index contributed by atoms with van der Waals surface area (Å²) in [5, 5.41) is 26.8. The number of rotatable bonds is 5. The number of carboxylic acid groups (broad SMARTS) is 3. The Morgan fingerprint density at radius 3 is 1.91 bits per heavy atom. The summed E-state index contributed by atoms with van der Waals surface area (Å²) in [6.07, 6.45) is 1.16. The molecule has 0 bridgehead atoms. The first-order valence-corrected chi connectivity index (χ1v) is 6.97. The molecule has 1 rings (SSSR count). The number of nitrogens with one attached hydrogen (secondary N) is 1. The molecule has 0 spiro atoms. The van der Waals surface area contributed by atoms with Crippen molar-refractivity contribution in [1.29, 1.82) is 0 Å². The average molecular weight is 335 g/mol. The summed E-state index contributed by atoms with van der Waals surface area (Å²) in [6.45, 7) is 3.97. The van der Waals surface area contributed by atoms with Crippen LogP contribution in [0.5, 0.6) is 0 Å². The van der Waals surface area contributed by atoms with E-state index >= 15 is 0 Å². The number of carbonyl (C=O) groups is 4. The maximum Gasteiger partial charge on any atom is 0.328 e. The van der Waals surface area contributed by atoms with Gasteiger partial charge in [0, 0.05) is 13.0 Å². The lowest BCUT2D eigenvalue weighted by Gasteiger charge is -2.11. The molecule has 1 aliphatic heterocycles. The van der Waals surface area contributed by atoms with E-state index in [2.05, 4.69) is 11.1 Å². The predicted molar refractivity (Wildman–Crippen MR) is 80.8 cm³/mol. The third-order valence-corrected chi connectivity index (χ3v) is 3.01. The zero-order valence-electron chi connectivity index (χ0n) is 13.2. The maximum absolute atomic E-state index is 10.6. The van der Waals surface area contributed by atoms with Crippen LogP contribution < -0.4 is 16.8 Å². The number of aliphatic carboxylic acids is 3. The monoisotopic (exact) mass is 335 g/mol. The number of carboxylic acids is 3. The SMILES string of the molecule is CCC(C)C(N)C(=O)O.NCC(=O)O.O=C(O)[C@H]1NCCC1=O. The summed E-state index contributed by atoms with van der Waals surface area (Å²) in [7, 11) is 0. The molecule has 1 saturated heterocycles. The van der Waals surface area contributed by atoms with E-state index in [0.717, 1.165) is 6.42 Å². The van der Waals surface area contributed by atoms with Gasteiger partial charge in [0.1, 0.15) is 6.04 Å². The zero-order chi connectivity index (χ0) is 18.6. The lowest BCUT2D eigenvalue weighted by Crippen LogP contribution is -2.36. The molecule has 1 fully saturated rings. The van der Waals surface area contributed by atoms with Crippen LogP contribution in [0.3, 0.4) is 0 Å². The minimum atomic E-state index is -1.07. The van der Waals surface area contributed by atoms with Crippen LogP contribution in [-0.4, -0.2) is 64.2 Å². The van der Waals surface area contributed by atoms with Crippen molar-refractivity contribution in [3.8, 4) is 0 Å². The molecule has 0 aromatic rings. The van der Waals surface area contributed by atoms with Crippen molar-refractivity contribution < 1.29 is 34.5 Å². The summed E-state index contributed by atoms with van der Waals surface area (Å²) >= 11 is 0. The van der Waals surface area contributed by atoms with Gasteiger partial charge in [-0.25, -0.2) is 0 Å². The van der Waals surface area contributed by atoms with E-state index in [9.17, 15) is 19.2 Å². The van der Waals surface area contributed by atoms with Gasteiger partial charge in [-0.2, -0.15) is 0 Å². The van der Waals surface area contributed by atoms with Crippen molar-refractivity contribution in [1.82, 2.24) is 5.32 Å². The van der Waals surface area contributed by atoms with Crippen molar-refractivity contribution >= 4 is 23.7 Å². The number of Topliss-reactive ketones (excluding diaryl/α,β-unsaturated/α-hetero) is 1. The summed E-state index contributed by atoms with van der Waals surface area (Å²) in [5.74, 6) is -3.10. The van der Waals surface area contributed by atoms with Crippen LogP contribution in [0.15, 0.2) is 0 Å². The number of nitrogens with two attached hydrogens (primary N) is 2. The van der Waals surface area contributed by atoms with E-state index in [1.54, 1.807) is 0 Å². The number of ketones is 1. The molecule has 10 heteroatoms.